The highest BCUT2D eigenvalue weighted by Crippen LogP contribution is 2.32. The van der Waals surface area contributed by atoms with E-state index in [0.717, 1.165) is 24.7 Å². The lowest BCUT2D eigenvalue weighted by Gasteiger charge is -2.23. The summed E-state index contributed by atoms with van der Waals surface area (Å²) in [6, 6.07) is 8.61. The number of benzene rings is 1. The molecule has 0 amide bonds. The summed E-state index contributed by atoms with van der Waals surface area (Å²) in [6.07, 6.45) is 13.4. The molecule has 0 saturated heterocycles. The van der Waals surface area contributed by atoms with E-state index in [0.29, 0.717) is 5.92 Å². The molecular formula is C24H34O. The van der Waals surface area contributed by atoms with E-state index in [4.69, 9.17) is 0 Å². The minimum absolute atomic E-state index is 0. The van der Waals surface area contributed by atoms with Crippen LogP contribution in [-0.4, -0.2) is 6.29 Å². The van der Waals surface area contributed by atoms with Crippen LogP contribution in [0.25, 0.3) is 0 Å². The van der Waals surface area contributed by atoms with Gasteiger partial charge in [-0.25, -0.2) is 0 Å². The Morgan fingerprint density at radius 3 is 2.44 bits per heavy atom. The molecule has 25 heavy (non-hydrogen) atoms. The second-order valence-corrected chi connectivity index (χ2v) is 5.87. The van der Waals surface area contributed by atoms with Crippen LogP contribution in [0.3, 0.4) is 0 Å². The van der Waals surface area contributed by atoms with Crippen molar-refractivity contribution in [1.29, 1.82) is 0 Å². The maximum atomic E-state index is 10.6. The largest absolute Gasteiger partial charge is 0.298 e. The van der Waals surface area contributed by atoms with E-state index in [1.54, 1.807) is 0 Å². The lowest BCUT2D eigenvalue weighted by atomic mass is 9.81. The van der Waals surface area contributed by atoms with Gasteiger partial charge >= 0.3 is 0 Å². The molecule has 1 atom stereocenters. The van der Waals surface area contributed by atoms with Crippen molar-refractivity contribution in [2.75, 3.05) is 0 Å². The van der Waals surface area contributed by atoms with Crippen molar-refractivity contribution in [1.82, 2.24) is 0 Å². The molecule has 0 radical (unpaired) electrons. The van der Waals surface area contributed by atoms with Gasteiger partial charge in [0.05, 0.1) is 0 Å². The Hall–Kier alpha value is -2.15. The van der Waals surface area contributed by atoms with E-state index in [-0.39, 0.29) is 7.43 Å². The number of allylic oxidation sites excluding steroid dienone is 8. The van der Waals surface area contributed by atoms with E-state index in [1.807, 2.05) is 19.9 Å². The van der Waals surface area contributed by atoms with Gasteiger partial charge in [0, 0.05) is 5.92 Å². The maximum Gasteiger partial charge on any atom is 0.146 e. The first-order valence-electron chi connectivity index (χ1n) is 8.91. The van der Waals surface area contributed by atoms with Gasteiger partial charge in [0.1, 0.15) is 6.29 Å². The van der Waals surface area contributed by atoms with Crippen molar-refractivity contribution in [2.45, 2.75) is 54.9 Å². The summed E-state index contributed by atoms with van der Waals surface area (Å²) >= 11 is 0. The van der Waals surface area contributed by atoms with Gasteiger partial charge in [-0.15, -0.1) is 0 Å². The molecule has 0 saturated carbocycles. The normalized spacial score (nSPS) is 17.0. The molecule has 1 unspecified atom stereocenters. The van der Waals surface area contributed by atoms with Crippen LogP contribution in [-0.2, 0) is 11.2 Å². The number of carbonyl (C=O) groups excluding carboxylic acids is 1. The van der Waals surface area contributed by atoms with Crippen molar-refractivity contribution in [3.05, 3.63) is 82.5 Å². The third-order valence-corrected chi connectivity index (χ3v) is 4.08. The molecule has 0 aliphatic heterocycles. The second kappa shape index (κ2) is 12.2. The second-order valence-electron chi connectivity index (χ2n) is 5.87. The van der Waals surface area contributed by atoms with Crippen molar-refractivity contribution in [3.8, 4) is 0 Å². The average Bonchev–Trinajstić information content (AvgIpc) is 2.64. The van der Waals surface area contributed by atoms with Gasteiger partial charge in [0.25, 0.3) is 0 Å². The van der Waals surface area contributed by atoms with Gasteiger partial charge in [-0.1, -0.05) is 88.4 Å². The molecule has 0 bridgehead atoms. The molecule has 1 heteroatoms. The monoisotopic (exact) mass is 338 g/mol. The molecule has 136 valence electrons. The summed E-state index contributed by atoms with van der Waals surface area (Å²) in [5, 5.41) is 0. The van der Waals surface area contributed by atoms with Crippen LogP contribution in [0.4, 0.5) is 0 Å². The number of aryl methyl sites for hydroxylation is 2. The standard InChI is InChI=1S/C12H12O.C9H12.C2H6.CH4/c1-9-6-10(8-13)7-11-4-2-3-5-12(9)11;1-3-9-6-4-5-8(2)7-9;1-2;/h2-6,8,11H,7H2,1H3;4-7H,3H2,1-2H3;1-2H3;1H4. The Labute approximate surface area is 154 Å². The number of fused-ring (bicyclic) bond motifs is 1. The van der Waals surface area contributed by atoms with Gasteiger partial charge < -0.3 is 0 Å². The summed E-state index contributed by atoms with van der Waals surface area (Å²) in [5.41, 5.74) is 6.27. The van der Waals surface area contributed by atoms with Crippen LogP contribution in [0.2, 0.25) is 0 Å². The molecule has 1 aromatic carbocycles. The van der Waals surface area contributed by atoms with Gasteiger partial charge in [-0.2, -0.15) is 0 Å². The summed E-state index contributed by atoms with van der Waals surface area (Å²) in [4.78, 5) is 10.6. The Kier molecular flexibility index (Phi) is 11.2. The predicted octanol–water partition coefficient (Wildman–Crippen LogP) is 6.79. The first-order chi connectivity index (χ1) is 11.6. The van der Waals surface area contributed by atoms with Gasteiger partial charge in [0.15, 0.2) is 0 Å². The highest BCUT2D eigenvalue weighted by atomic mass is 16.1. The number of carbonyl (C=O) groups is 1. The highest BCUT2D eigenvalue weighted by molar-refractivity contribution is 5.75. The van der Waals surface area contributed by atoms with E-state index in [9.17, 15) is 4.79 Å². The average molecular weight is 339 g/mol. The summed E-state index contributed by atoms with van der Waals surface area (Å²) in [5.74, 6) is 0.426. The summed E-state index contributed by atoms with van der Waals surface area (Å²) < 4.78 is 0. The maximum absolute atomic E-state index is 10.6. The third kappa shape index (κ3) is 7.09. The Morgan fingerprint density at radius 1 is 1.16 bits per heavy atom. The smallest absolute Gasteiger partial charge is 0.146 e. The van der Waals surface area contributed by atoms with Crippen LogP contribution >= 0.6 is 0 Å². The third-order valence-electron chi connectivity index (χ3n) is 4.08. The van der Waals surface area contributed by atoms with Crippen molar-refractivity contribution < 1.29 is 4.79 Å². The fraction of sp³-hybridized carbons (Fsp3) is 0.375. The Bertz CT molecular complexity index is 656. The number of hydrogen-bond donors (Lipinski definition) is 0. The van der Waals surface area contributed by atoms with Crippen LogP contribution in [0.5, 0.6) is 0 Å². The van der Waals surface area contributed by atoms with Crippen molar-refractivity contribution in [3.63, 3.8) is 0 Å². The number of hydrogen-bond acceptors (Lipinski definition) is 1. The fourth-order valence-electron chi connectivity index (χ4n) is 2.88. The highest BCUT2D eigenvalue weighted by Gasteiger charge is 2.18. The molecule has 3 rings (SSSR count). The molecular weight excluding hydrogens is 304 g/mol. The molecule has 2 aliphatic carbocycles. The molecule has 0 N–H and O–H groups in total. The number of aldehydes is 1. The first kappa shape index (κ1) is 22.9. The Balaban J connectivity index is 0.000000425. The first-order valence-corrected chi connectivity index (χ1v) is 8.91. The predicted molar refractivity (Wildman–Crippen MR) is 112 cm³/mol. The van der Waals surface area contributed by atoms with Gasteiger partial charge in [-0.3, -0.25) is 4.79 Å². The Morgan fingerprint density at radius 2 is 1.88 bits per heavy atom. The topological polar surface area (TPSA) is 17.1 Å². The zero-order valence-corrected chi connectivity index (χ0v) is 15.7. The lowest BCUT2D eigenvalue weighted by Crippen LogP contribution is -2.10. The molecule has 0 aromatic heterocycles. The van der Waals surface area contributed by atoms with E-state index in [2.05, 4.69) is 69.3 Å². The molecule has 0 heterocycles. The van der Waals surface area contributed by atoms with Gasteiger partial charge in [0.2, 0.25) is 0 Å². The lowest BCUT2D eigenvalue weighted by molar-refractivity contribution is -0.105. The number of rotatable bonds is 2. The van der Waals surface area contributed by atoms with E-state index in [1.165, 1.54) is 22.3 Å². The zero-order chi connectivity index (χ0) is 17.9. The van der Waals surface area contributed by atoms with Crippen LogP contribution in [0.1, 0.15) is 52.7 Å². The van der Waals surface area contributed by atoms with Crippen molar-refractivity contribution in [2.24, 2.45) is 5.92 Å². The van der Waals surface area contributed by atoms with E-state index >= 15 is 0 Å². The van der Waals surface area contributed by atoms with E-state index < -0.39 is 0 Å². The summed E-state index contributed by atoms with van der Waals surface area (Å²) in [7, 11) is 0. The molecule has 1 nitrogen and oxygen atoms in total. The SMILES string of the molecule is C.CC.CC1=C2C=CC=CC2CC(C=O)=C1.CCc1cccc(C)c1. The fourth-order valence-corrected chi connectivity index (χ4v) is 2.88. The zero-order valence-electron chi connectivity index (χ0n) is 15.7. The molecule has 1 aromatic rings. The van der Waals surface area contributed by atoms with Crippen molar-refractivity contribution >= 4 is 6.29 Å². The minimum atomic E-state index is 0. The molecule has 2 aliphatic rings. The van der Waals surface area contributed by atoms with Crippen LogP contribution < -0.4 is 0 Å². The molecule has 0 fully saturated rings. The van der Waals surface area contributed by atoms with Gasteiger partial charge in [-0.05, 0) is 49.0 Å². The quantitative estimate of drug-likeness (QED) is 0.542. The minimum Gasteiger partial charge on any atom is -0.298 e. The van der Waals surface area contributed by atoms with Crippen LogP contribution in [0, 0.1) is 12.8 Å². The molecule has 0 spiro atoms. The van der Waals surface area contributed by atoms with Crippen LogP contribution in [0.15, 0.2) is 71.4 Å². The summed E-state index contributed by atoms with van der Waals surface area (Å²) in [6.45, 7) is 10.4.